The van der Waals surface area contributed by atoms with Crippen molar-refractivity contribution in [3.8, 4) is 5.75 Å². The van der Waals surface area contributed by atoms with Crippen LogP contribution in [-0.2, 0) is 18.4 Å². The lowest BCUT2D eigenvalue weighted by atomic mass is 9.94. The number of aromatic nitrogens is 2. The van der Waals surface area contributed by atoms with E-state index in [1.807, 2.05) is 61.1 Å². The summed E-state index contributed by atoms with van der Waals surface area (Å²) in [4.78, 5) is 15.2. The second kappa shape index (κ2) is 7.40. The van der Waals surface area contributed by atoms with Gasteiger partial charge in [-0.1, -0.05) is 12.8 Å². The van der Waals surface area contributed by atoms with Gasteiger partial charge < -0.3 is 15.0 Å². The minimum atomic E-state index is -0.528. The van der Waals surface area contributed by atoms with E-state index in [0.717, 1.165) is 48.4 Å². The summed E-state index contributed by atoms with van der Waals surface area (Å²) in [7, 11) is 5.45. The zero-order valence-electron chi connectivity index (χ0n) is 16.1. The predicted octanol–water partition coefficient (Wildman–Crippen LogP) is 3.12. The summed E-state index contributed by atoms with van der Waals surface area (Å²) < 4.78 is 7.06. The number of carbonyl (C=O) groups excluding carboxylic acids is 1. The number of methoxy groups -OCH3 is 1. The lowest BCUT2D eigenvalue weighted by Gasteiger charge is -2.34. The molecule has 0 aliphatic heterocycles. The molecule has 1 fully saturated rings. The summed E-state index contributed by atoms with van der Waals surface area (Å²) in [5.41, 5.74) is 2.60. The molecule has 0 spiro atoms. The average molecular weight is 356 g/mol. The molecular formula is C20H28N4O2. The Morgan fingerprint density at radius 1 is 1.31 bits per heavy atom. The minimum absolute atomic E-state index is 0.147. The van der Waals surface area contributed by atoms with Crippen LogP contribution in [0.3, 0.4) is 0 Å². The summed E-state index contributed by atoms with van der Waals surface area (Å²) in [6.45, 7) is 2.60. The van der Waals surface area contributed by atoms with Crippen LogP contribution in [0.5, 0.6) is 5.75 Å². The Labute approximate surface area is 155 Å². The van der Waals surface area contributed by atoms with E-state index >= 15 is 0 Å². The number of amides is 1. The predicted molar refractivity (Wildman–Crippen MR) is 102 cm³/mol. The van der Waals surface area contributed by atoms with Gasteiger partial charge in [-0.25, -0.2) is 0 Å². The molecule has 1 saturated carbocycles. The maximum absolute atomic E-state index is 13.3. The molecule has 1 aromatic heterocycles. The van der Waals surface area contributed by atoms with E-state index in [2.05, 4.69) is 10.4 Å². The molecule has 0 radical (unpaired) electrons. The van der Waals surface area contributed by atoms with E-state index in [-0.39, 0.29) is 5.91 Å². The fraction of sp³-hybridized carbons (Fsp3) is 0.500. The molecule has 1 N–H and O–H groups in total. The maximum atomic E-state index is 13.3. The zero-order valence-corrected chi connectivity index (χ0v) is 16.1. The molecule has 0 atom stereocenters. The van der Waals surface area contributed by atoms with Gasteiger partial charge in [-0.3, -0.25) is 9.48 Å². The number of ether oxygens (including phenoxy) is 1. The van der Waals surface area contributed by atoms with Crippen molar-refractivity contribution in [2.75, 3.05) is 19.5 Å². The van der Waals surface area contributed by atoms with Crippen LogP contribution in [0.1, 0.15) is 36.9 Å². The molecule has 1 aliphatic rings. The number of likely N-dealkylation sites (N-methyl/N-ethyl adjacent to an activating group) is 1. The maximum Gasteiger partial charge on any atom is 0.248 e. The third-order valence-corrected chi connectivity index (χ3v) is 5.43. The summed E-state index contributed by atoms with van der Waals surface area (Å²) in [5, 5.41) is 7.80. The van der Waals surface area contributed by atoms with Crippen molar-refractivity contribution in [3.63, 3.8) is 0 Å². The molecule has 3 rings (SSSR count). The Hall–Kier alpha value is -2.50. The van der Waals surface area contributed by atoms with Gasteiger partial charge in [0.2, 0.25) is 5.91 Å². The van der Waals surface area contributed by atoms with Crippen molar-refractivity contribution in [1.82, 2.24) is 14.7 Å². The van der Waals surface area contributed by atoms with E-state index < -0.39 is 5.54 Å². The van der Waals surface area contributed by atoms with Crippen molar-refractivity contribution in [2.45, 2.75) is 44.7 Å². The molecule has 6 nitrogen and oxygen atoms in total. The van der Waals surface area contributed by atoms with Crippen LogP contribution in [0.2, 0.25) is 0 Å². The summed E-state index contributed by atoms with van der Waals surface area (Å²) >= 11 is 0. The molecule has 1 aromatic carbocycles. The molecule has 0 bridgehead atoms. The number of rotatable bonds is 6. The highest BCUT2D eigenvalue weighted by Gasteiger charge is 2.42. The Bertz CT molecular complexity index is 761. The monoisotopic (exact) mass is 356 g/mol. The largest absolute Gasteiger partial charge is 0.497 e. The molecular weight excluding hydrogens is 328 g/mol. The topological polar surface area (TPSA) is 59.4 Å². The number of hydrogen-bond donors (Lipinski definition) is 1. The first-order chi connectivity index (χ1) is 12.4. The minimum Gasteiger partial charge on any atom is -0.497 e. The van der Waals surface area contributed by atoms with Gasteiger partial charge in [0.15, 0.2) is 0 Å². The van der Waals surface area contributed by atoms with Crippen LogP contribution < -0.4 is 10.1 Å². The van der Waals surface area contributed by atoms with E-state index in [1.165, 1.54) is 0 Å². The van der Waals surface area contributed by atoms with Gasteiger partial charge in [0.25, 0.3) is 0 Å². The molecule has 1 heterocycles. The number of benzene rings is 1. The van der Waals surface area contributed by atoms with Crippen molar-refractivity contribution in [2.24, 2.45) is 7.05 Å². The number of anilines is 1. The molecule has 1 aliphatic carbocycles. The summed E-state index contributed by atoms with van der Waals surface area (Å²) in [6.07, 6.45) is 5.68. The number of hydrogen-bond acceptors (Lipinski definition) is 4. The fourth-order valence-electron chi connectivity index (χ4n) is 3.71. The molecule has 140 valence electrons. The standard InChI is InChI=1S/C20H28N4O2/c1-15-16(13-21-24(15)3)14-23(2)19(25)20(11-5-6-12-20)22-17-7-9-18(26-4)10-8-17/h7-10,13,22H,5-6,11-12,14H2,1-4H3. The fourth-order valence-corrected chi connectivity index (χ4v) is 3.71. The Balaban J connectivity index is 1.76. The van der Waals surface area contributed by atoms with E-state index in [0.29, 0.717) is 6.54 Å². The summed E-state index contributed by atoms with van der Waals surface area (Å²) in [6, 6.07) is 7.77. The van der Waals surface area contributed by atoms with Crippen LogP contribution in [0.4, 0.5) is 5.69 Å². The smallest absolute Gasteiger partial charge is 0.248 e. The molecule has 26 heavy (non-hydrogen) atoms. The molecule has 0 unspecified atom stereocenters. The van der Waals surface area contributed by atoms with E-state index in [1.54, 1.807) is 7.11 Å². The van der Waals surface area contributed by atoms with Gasteiger partial charge >= 0.3 is 0 Å². The number of carbonyl (C=O) groups is 1. The lowest BCUT2D eigenvalue weighted by Crippen LogP contribution is -2.51. The van der Waals surface area contributed by atoms with Crippen molar-refractivity contribution >= 4 is 11.6 Å². The average Bonchev–Trinajstić information content (AvgIpc) is 3.24. The highest BCUT2D eigenvalue weighted by Crippen LogP contribution is 2.35. The van der Waals surface area contributed by atoms with E-state index in [4.69, 9.17) is 4.74 Å². The van der Waals surface area contributed by atoms with Gasteiger partial charge in [0.05, 0.1) is 13.3 Å². The first-order valence-corrected chi connectivity index (χ1v) is 9.10. The van der Waals surface area contributed by atoms with Gasteiger partial charge in [-0.05, 0) is 44.0 Å². The van der Waals surface area contributed by atoms with Crippen molar-refractivity contribution in [1.29, 1.82) is 0 Å². The first-order valence-electron chi connectivity index (χ1n) is 9.10. The van der Waals surface area contributed by atoms with Crippen LogP contribution in [0.25, 0.3) is 0 Å². The zero-order chi connectivity index (χ0) is 18.7. The quantitative estimate of drug-likeness (QED) is 0.864. The van der Waals surface area contributed by atoms with Gasteiger partial charge in [-0.15, -0.1) is 0 Å². The van der Waals surface area contributed by atoms with E-state index in [9.17, 15) is 4.79 Å². The molecule has 6 heteroatoms. The van der Waals surface area contributed by atoms with Crippen LogP contribution >= 0.6 is 0 Å². The third-order valence-electron chi connectivity index (χ3n) is 5.43. The third kappa shape index (κ3) is 3.54. The van der Waals surface area contributed by atoms with Gasteiger partial charge in [-0.2, -0.15) is 5.10 Å². The van der Waals surface area contributed by atoms with Crippen LogP contribution in [0, 0.1) is 6.92 Å². The second-order valence-electron chi connectivity index (χ2n) is 7.18. The van der Waals surface area contributed by atoms with Crippen LogP contribution in [0.15, 0.2) is 30.5 Å². The molecule has 2 aromatic rings. The van der Waals surface area contributed by atoms with Crippen molar-refractivity contribution < 1.29 is 9.53 Å². The lowest BCUT2D eigenvalue weighted by molar-refractivity contribution is -0.135. The SMILES string of the molecule is COc1ccc(NC2(C(=O)N(C)Cc3cnn(C)c3C)CCCC2)cc1. The normalized spacial score (nSPS) is 15.7. The highest BCUT2D eigenvalue weighted by atomic mass is 16.5. The van der Waals surface area contributed by atoms with Gasteiger partial charge in [0.1, 0.15) is 11.3 Å². The summed E-state index contributed by atoms with van der Waals surface area (Å²) in [5.74, 6) is 0.959. The molecule has 1 amide bonds. The highest BCUT2D eigenvalue weighted by molar-refractivity contribution is 5.89. The number of nitrogens with zero attached hydrogens (tertiary/aromatic N) is 3. The molecule has 0 saturated heterocycles. The second-order valence-corrected chi connectivity index (χ2v) is 7.18. The Morgan fingerprint density at radius 3 is 2.50 bits per heavy atom. The van der Waals surface area contributed by atoms with Crippen molar-refractivity contribution in [3.05, 3.63) is 41.7 Å². The first kappa shape index (κ1) is 18.3. The Kier molecular flexibility index (Phi) is 5.20. The van der Waals surface area contributed by atoms with Gasteiger partial charge in [0, 0.05) is 37.6 Å². The van der Waals surface area contributed by atoms with Crippen LogP contribution in [-0.4, -0.2) is 40.3 Å². The number of nitrogens with one attached hydrogen (secondary N) is 1. The Morgan fingerprint density at radius 2 is 1.96 bits per heavy atom. The number of aryl methyl sites for hydroxylation is 1.